The summed E-state index contributed by atoms with van der Waals surface area (Å²) >= 11 is 6.34. The number of allylic oxidation sites excluding steroid dienone is 1. The van der Waals surface area contributed by atoms with Gasteiger partial charge in [0.05, 0.1) is 38.5 Å². The molecule has 0 N–H and O–H groups in total. The Bertz CT molecular complexity index is 1800. The molecule has 5 rings (SSSR count). The quantitative estimate of drug-likeness (QED) is 0.269. The van der Waals surface area contributed by atoms with E-state index in [1.54, 1.807) is 30.5 Å². The van der Waals surface area contributed by atoms with Crippen molar-refractivity contribution in [1.82, 2.24) is 4.57 Å². The molecule has 7 nitrogen and oxygen atoms in total. The average molecular weight is 621 g/mol. The van der Waals surface area contributed by atoms with E-state index in [9.17, 15) is 9.59 Å². The van der Waals surface area contributed by atoms with Crippen LogP contribution in [0.15, 0.2) is 85.5 Å². The molecule has 2 aromatic heterocycles. The first-order chi connectivity index (χ1) is 18.9. The van der Waals surface area contributed by atoms with Crippen LogP contribution in [0.5, 0.6) is 5.75 Å². The molecule has 0 bridgehead atoms. The maximum Gasteiger partial charge on any atom is 0.338 e. The van der Waals surface area contributed by atoms with Gasteiger partial charge in [0.1, 0.15) is 18.4 Å². The number of nitrogens with zero attached hydrogens (tertiary/aromatic N) is 3. The number of benzene rings is 2. The minimum Gasteiger partial charge on any atom is -0.488 e. The lowest BCUT2D eigenvalue weighted by Crippen LogP contribution is -2.39. The average Bonchev–Trinajstić information content (AvgIpc) is 3.56. The van der Waals surface area contributed by atoms with Crippen molar-refractivity contribution in [3.63, 3.8) is 0 Å². The van der Waals surface area contributed by atoms with Gasteiger partial charge < -0.3 is 9.47 Å². The highest BCUT2D eigenvalue weighted by Gasteiger charge is 2.33. The van der Waals surface area contributed by atoms with Gasteiger partial charge in [-0.15, -0.1) is 11.3 Å². The molecule has 0 saturated carbocycles. The van der Waals surface area contributed by atoms with Crippen molar-refractivity contribution in [2.75, 3.05) is 6.61 Å². The second kappa shape index (κ2) is 11.5. The van der Waals surface area contributed by atoms with Crippen LogP contribution in [0.4, 0.5) is 0 Å². The van der Waals surface area contributed by atoms with Crippen molar-refractivity contribution in [3.05, 3.63) is 117 Å². The lowest BCUT2D eigenvalue weighted by molar-refractivity contribution is -0.139. The number of carbonyl (C=O) groups is 1. The zero-order valence-electron chi connectivity index (χ0n) is 21.0. The third-order valence-electron chi connectivity index (χ3n) is 6.06. The molecule has 0 spiro atoms. The van der Waals surface area contributed by atoms with Gasteiger partial charge in [-0.1, -0.05) is 35.6 Å². The minimum atomic E-state index is -0.591. The summed E-state index contributed by atoms with van der Waals surface area (Å²) in [6, 6.07) is 18.2. The summed E-state index contributed by atoms with van der Waals surface area (Å²) in [5.74, 6) is 0.192. The van der Waals surface area contributed by atoms with E-state index >= 15 is 0 Å². The molecule has 196 valence electrons. The SMILES string of the molecule is CCOC(=O)C1=C(C)N=c2s/c(=C\c3ccc(OCc4ccc(C#N)cc4)c(Br)c3)c(=O)n2[C@H]1c1cccs1. The number of fused-ring (bicyclic) bond motifs is 1. The number of halogens is 1. The van der Waals surface area contributed by atoms with Crippen LogP contribution in [-0.2, 0) is 16.1 Å². The molecule has 0 saturated heterocycles. The van der Waals surface area contributed by atoms with E-state index in [-0.39, 0.29) is 12.2 Å². The van der Waals surface area contributed by atoms with Crippen molar-refractivity contribution >= 4 is 50.6 Å². The van der Waals surface area contributed by atoms with Gasteiger partial charge in [-0.25, -0.2) is 9.79 Å². The number of hydrogen-bond acceptors (Lipinski definition) is 8. The van der Waals surface area contributed by atoms with Crippen LogP contribution in [0.25, 0.3) is 6.08 Å². The van der Waals surface area contributed by atoms with E-state index in [4.69, 9.17) is 14.7 Å². The van der Waals surface area contributed by atoms with Crippen LogP contribution in [0, 0.1) is 11.3 Å². The molecule has 4 aromatic rings. The Hall–Kier alpha value is -3.78. The molecule has 0 unspecified atom stereocenters. The van der Waals surface area contributed by atoms with Crippen LogP contribution in [-0.4, -0.2) is 17.1 Å². The molecular formula is C29H22BrN3O4S2. The molecule has 0 amide bonds. The number of thiophene rings is 1. The van der Waals surface area contributed by atoms with Crippen LogP contribution in [0.1, 0.15) is 41.5 Å². The molecule has 0 fully saturated rings. The van der Waals surface area contributed by atoms with Gasteiger partial charge >= 0.3 is 5.97 Å². The van der Waals surface area contributed by atoms with E-state index in [0.717, 1.165) is 20.5 Å². The summed E-state index contributed by atoms with van der Waals surface area (Å²) in [6.45, 7) is 4.12. The first-order valence-electron chi connectivity index (χ1n) is 12.0. The summed E-state index contributed by atoms with van der Waals surface area (Å²) in [5, 5.41) is 10.9. The van der Waals surface area contributed by atoms with Gasteiger partial charge in [-0.3, -0.25) is 9.36 Å². The molecule has 39 heavy (non-hydrogen) atoms. The Kier molecular flexibility index (Phi) is 7.93. The molecule has 1 aliphatic rings. The number of ether oxygens (including phenoxy) is 2. The largest absolute Gasteiger partial charge is 0.488 e. The zero-order valence-corrected chi connectivity index (χ0v) is 24.2. The highest BCUT2D eigenvalue weighted by atomic mass is 79.9. The van der Waals surface area contributed by atoms with Crippen molar-refractivity contribution in [2.45, 2.75) is 26.5 Å². The summed E-state index contributed by atoms with van der Waals surface area (Å²) in [6.07, 6.45) is 1.81. The molecule has 3 heterocycles. The molecular weight excluding hydrogens is 598 g/mol. The molecule has 10 heteroatoms. The Labute approximate surface area is 240 Å². The third kappa shape index (κ3) is 5.52. The predicted octanol–water partition coefficient (Wildman–Crippen LogP) is 5.07. The maximum atomic E-state index is 13.7. The van der Waals surface area contributed by atoms with Crippen LogP contribution in [0.2, 0.25) is 0 Å². The van der Waals surface area contributed by atoms with Crippen LogP contribution in [0.3, 0.4) is 0 Å². The fourth-order valence-electron chi connectivity index (χ4n) is 4.22. The topological polar surface area (TPSA) is 93.7 Å². The normalized spacial score (nSPS) is 14.9. The molecule has 1 atom stereocenters. The lowest BCUT2D eigenvalue weighted by atomic mass is 10.0. The number of carbonyl (C=O) groups excluding carboxylic acids is 1. The van der Waals surface area contributed by atoms with Crippen molar-refractivity contribution in [3.8, 4) is 11.8 Å². The zero-order chi connectivity index (χ0) is 27.5. The summed E-state index contributed by atoms with van der Waals surface area (Å²) < 4.78 is 14.1. The Morgan fingerprint density at radius 2 is 2.03 bits per heavy atom. The van der Waals surface area contributed by atoms with Crippen molar-refractivity contribution in [2.24, 2.45) is 4.99 Å². The molecule has 2 aromatic carbocycles. The van der Waals surface area contributed by atoms with Gasteiger partial charge in [0.15, 0.2) is 4.80 Å². The van der Waals surface area contributed by atoms with E-state index in [0.29, 0.717) is 38.5 Å². The summed E-state index contributed by atoms with van der Waals surface area (Å²) in [4.78, 5) is 32.6. The van der Waals surface area contributed by atoms with Gasteiger partial charge in [-0.2, -0.15) is 5.26 Å². The first kappa shape index (κ1) is 26.8. The number of rotatable bonds is 7. The highest BCUT2D eigenvalue weighted by molar-refractivity contribution is 9.10. The van der Waals surface area contributed by atoms with E-state index in [1.165, 1.54) is 22.7 Å². The molecule has 0 aliphatic carbocycles. The fourth-order valence-corrected chi connectivity index (χ4v) is 6.60. The highest BCUT2D eigenvalue weighted by Crippen LogP contribution is 2.33. The number of aromatic nitrogens is 1. The van der Waals surface area contributed by atoms with E-state index < -0.39 is 12.0 Å². The standard InChI is InChI=1S/C29H22BrN3O4S2/c1-3-36-28(35)25-17(2)32-29-33(26(25)23-5-4-12-38-23)27(34)24(39-29)14-20-10-11-22(21(30)13-20)37-16-19-8-6-18(15-31)7-9-19/h4-14,26H,3,16H2,1-2H3/b24-14-/t26-/m0/s1. The van der Waals surface area contributed by atoms with Gasteiger partial charge in [0.2, 0.25) is 0 Å². The van der Waals surface area contributed by atoms with E-state index in [2.05, 4.69) is 27.0 Å². The maximum absolute atomic E-state index is 13.7. The monoisotopic (exact) mass is 619 g/mol. The van der Waals surface area contributed by atoms with Crippen LogP contribution < -0.4 is 19.6 Å². The van der Waals surface area contributed by atoms with E-state index in [1.807, 2.05) is 53.9 Å². The van der Waals surface area contributed by atoms with Gasteiger partial charge in [0, 0.05) is 4.88 Å². The Morgan fingerprint density at radius 3 is 2.69 bits per heavy atom. The number of hydrogen-bond donors (Lipinski definition) is 0. The lowest BCUT2D eigenvalue weighted by Gasteiger charge is -2.23. The summed E-state index contributed by atoms with van der Waals surface area (Å²) in [7, 11) is 0. The van der Waals surface area contributed by atoms with Crippen molar-refractivity contribution in [1.29, 1.82) is 5.26 Å². The second-order valence-corrected chi connectivity index (χ2v) is 11.4. The Balaban J connectivity index is 1.47. The molecule has 1 aliphatic heterocycles. The summed E-state index contributed by atoms with van der Waals surface area (Å²) in [5.41, 5.74) is 3.07. The van der Waals surface area contributed by atoms with Crippen molar-refractivity contribution < 1.29 is 14.3 Å². The smallest absolute Gasteiger partial charge is 0.338 e. The Morgan fingerprint density at radius 1 is 1.23 bits per heavy atom. The minimum absolute atomic E-state index is 0.219. The first-order valence-corrected chi connectivity index (χ1v) is 14.5. The predicted molar refractivity (Wildman–Crippen MR) is 154 cm³/mol. The second-order valence-electron chi connectivity index (χ2n) is 8.60. The van der Waals surface area contributed by atoms with Gasteiger partial charge in [-0.05, 0) is 82.7 Å². The number of nitriles is 1. The fraction of sp³-hybridized carbons (Fsp3) is 0.172. The van der Waals surface area contributed by atoms with Crippen LogP contribution >= 0.6 is 38.6 Å². The molecule has 0 radical (unpaired) electrons. The third-order valence-corrected chi connectivity index (χ3v) is 8.59. The number of thiazole rings is 1. The number of esters is 1. The van der Waals surface area contributed by atoms with Gasteiger partial charge in [0.25, 0.3) is 5.56 Å².